The molecule has 0 atom stereocenters. The minimum atomic E-state index is -1.11. The lowest BCUT2D eigenvalue weighted by molar-refractivity contribution is -0.133. The van der Waals surface area contributed by atoms with Crippen LogP contribution in [0.5, 0.6) is 0 Å². The number of benzene rings is 2. The number of nitrogens with one attached hydrogen (secondary N) is 2. The first-order valence-corrected chi connectivity index (χ1v) is 6.99. The van der Waals surface area contributed by atoms with Gasteiger partial charge < -0.3 is 10.6 Å². The summed E-state index contributed by atoms with van der Waals surface area (Å²) in [4.78, 5) is 23.5. The van der Waals surface area contributed by atoms with Crippen molar-refractivity contribution in [2.45, 2.75) is 6.92 Å². The predicted molar refractivity (Wildman–Crippen MR) is 82.5 cm³/mol. The molecule has 0 saturated carbocycles. The van der Waals surface area contributed by atoms with Gasteiger partial charge in [-0.1, -0.05) is 15.9 Å². The van der Waals surface area contributed by atoms with E-state index in [0.717, 1.165) is 28.2 Å². The number of amides is 2. The quantitative estimate of drug-likeness (QED) is 0.795. The molecule has 0 bridgehead atoms. The second-order valence-electron chi connectivity index (χ2n) is 4.50. The Kier molecular flexibility index (Phi) is 4.87. The Bertz CT molecular complexity index is 750. The van der Waals surface area contributed by atoms with Crippen molar-refractivity contribution in [2.75, 3.05) is 10.6 Å². The molecule has 2 aromatic rings. The van der Waals surface area contributed by atoms with Crippen LogP contribution in [-0.2, 0) is 9.59 Å². The normalized spacial score (nSPS) is 10.2. The van der Waals surface area contributed by atoms with E-state index in [4.69, 9.17) is 0 Å². The zero-order valence-corrected chi connectivity index (χ0v) is 13.0. The molecule has 0 radical (unpaired) electrons. The van der Waals surface area contributed by atoms with Gasteiger partial charge in [0, 0.05) is 21.9 Å². The molecule has 0 heterocycles. The van der Waals surface area contributed by atoms with Crippen molar-refractivity contribution >= 4 is 39.1 Å². The molecule has 0 saturated heterocycles. The van der Waals surface area contributed by atoms with Crippen molar-refractivity contribution in [1.82, 2.24) is 0 Å². The summed E-state index contributed by atoms with van der Waals surface area (Å²) in [6, 6.07) is 7.96. The van der Waals surface area contributed by atoms with Crippen molar-refractivity contribution in [3.8, 4) is 0 Å². The zero-order chi connectivity index (χ0) is 16.3. The second kappa shape index (κ2) is 6.65. The summed E-state index contributed by atoms with van der Waals surface area (Å²) in [5.74, 6) is -4.03. The van der Waals surface area contributed by atoms with E-state index in [-0.39, 0.29) is 5.69 Å². The van der Waals surface area contributed by atoms with Crippen LogP contribution >= 0.6 is 15.9 Å². The maximum Gasteiger partial charge on any atom is 0.314 e. The van der Waals surface area contributed by atoms with Gasteiger partial charge in [0.05, 0.1) is 0 Å². The molecule has 0 aliphatic heterocycles. The first-order valence-electron chi connectivity index (χ1n) is 6.20. The Balaban J connectivity index is 2.05. The third kappa shape index (κ3) is 3.88. The Morgan fingerprint density at radius 1 is 0.955 bits per heavy atom. The molecule has 2 aromatic carbocycles. The van der Waals surface area contributed by atoms with E-state index < -0.39 is 23.4 Å². The molecule has 0 spiro atoms. The third-order valence-electron chi connectivity index (χ3n) is 2.82. The summed E-state index contributed by atoms with van der Waals surface area (Å²) >= 11 is 3.29. The summed E-state index contributed by atoms with van der Waals surface area (Å²) in [5.41, 5.74) is 1.24. The lowest BCUT2D eigenvalue weighted by Gasteiger charge is -2.09. The van der Waals surface area contributed by atoms with Crippen molar-refractivity contribution < 1.29 is 18.4 Å². The molecule has 0 aliphatic rings. The topological polar surface area (TPSA) is 58.2 Å². The summed E-state index contributed by atoms with van der Waals surface area (Å²) in [5, 5.41) is 4.64. The lowest BCUT2D eigenvalue weighted by Crippen LogP contribution is -2.29. The number of hydrogen-bond acceptors (Lipinski definition) is 2. The molecular weight excluding hydrogens is 358 g/mol. The monoisotopic (exact) mass is 368 g/mol. The molecule has 0 unspecified atom stereocenters. The van der Waals surface area contributed by atoms with Crippen molar-refractivity contribution in [1.29, 1.82) is 0 Å². The Morgan fingerprint density at radius 3 is 2.27 bits per heavy atom. The number of carbonyl (C=O) groups is 2. The van der Waals surface area contributed by atoms with E-state index in [0.29, 0.717) is 5.69 Å². The molecule has 2 amide bonds. The Morgan fingerprint density at radius 2 is 1.64 bits per heavy atom. The maximum atomic E-state index is 13.0. The van der Waals surface area contributed by atoms with Crippen LogP contribution in [-0.4, -0.2) is 11.8 Å². The SMILES string of the molecule is Cc1cc(Br)ccc1NC(=O)C(=O)Nc1ccc(F)c(F)c1. The van der Waals surface area contributed by atoms with Crippen LogP contribution in [0.3, 0.4) is 0 Å². The van der Waals surface area contributed by atoms with Gasteiger partial charge in [0.25, 0.3) is 0 Å². The van der Waals surface area contributed by atoms with Gasteiger partial charge in [0.1, 0.15) is 0 Å². The Labute approximate surface area is 133 Å². The van der Waals surface area contributed by atoms with E-state index in [9.17, 15) is 18.4 Å². The van der Waals surface area contributed by atoms with Crippen molar-refractivity contribution in [2.24, 2.45) is 0 Å². The minimum absolute atomic E-state index is 0.00780. The van der Waals surface area contributed by atoms with E-state index in [1.807, 2.05) is 0 Å². The van der Waals surface area contributed by atoms with Gasteiger partial charge >= 0.3 is 11.8 Å². The van der Waals surface area contributed by atoms with Gasteiger partial charge in [-0.25, -0.2) is 8.78 Å². The summed E-state index contributed by atoms with van der Waals surface area (Å²) < 4.78 is 26.7. The van der Waals surface area contributed by atoms with Gasteiger partial charge in [0.15, 0.2) is 11.6 Å². The molecule has 0 aliphatic carbocycles. The number of carbonyl (C=O) groups excluding carboxylic acids is 2. The molecule has 7 heteroatoms. The fourth-order valence-corrected chi connectivity index (χ4v) is 2.18. The van der Waals surface area contributed by atoms with E-state index in [2.05, 4.69) is 26.6 Å². The molecule has 2 N–H and O–H groups in total. The highest BCUT2D eigenvalue weighted by molar-refractivity contribution is 9.10. The fourth-order valence-electron chi connectivity index (χ4n) is 1.71. The number of rotatable bonds is 2. The molecule has 0 aromatic heterocycles. The predicted octanol–water partition coefficient (Wildman–Crippen LogP) is 3.61. The molecule has 22 heavy (non-hydrogen) atoms. The van der Waals surface area contributed by atoms with Gasteiger partial charge in [-0.15, -0.1) is 0 Å². The van der Waals surface area contributed by atoms with Gasteiger partial charge in [-0.3, -0.25) is 9.59 Å². The Hall–Kier alpha value is -2.28. The lowest BCUT2D eigenvalue weighted by atomic mass is 10.2. The highest BCUT2D eigenvalue weighted by Crippen LogP contribution is 2.20. The standard InChI is InChI=1S/C15H11BrF2N2O2/c1-8-6-9(16)2-5-13(8)20-15(22)14(21)19-10-3-4-11(17)12(18)7-10/h2-7H,1H3,(H,19,21)(H,20,22). The second-order valence-corrected chi connectivity index (χ2v) is 5.41. The van der Waals surface area contributed by atoms with E-state index in [1.54, 1.807) is 25.1 Å². The average Bonchev–Trinajstić information content (AvgIpc) is 2.45. The van der Waals surface area contributed by atoms with Crippen LogP contribution in [0, 0.1) is 18.6 Å². The maximum absolute atomic E-state index is 13.0. The van der Waals surface area contributed by atoms with Gasteiger partial charge in [-0.2, -0.15) is 0 Å². The number of aryl methyl sites for hydroxylation is 1. The summed E-state index contributed by atoms with van der Waals surface area (Å²) in [7, 11) is 0. The van der Waals surface area contributed by atoms with Crippen molar-refractivity contribution in [3.05, 3.63) is 58.1 Å². The van der Waals surface area contributed by atoms with Crippen LogP contribution in [0.1, 0.15) is 5.56 Å². The minimum Gasteiger partial charge on any atom is -0.318 e. The molecule has 4 nitrogen and oxygen atoms in total. The van der Waals surface area contributed by atoms with E-state index >= 15 is 0 Å². The first-order chi connectivity index (χ1) is 10.4. The van der Waals surface area contributed by atoms with E-state index in [1.165, 1.54) is 0 Å². The third-order valence-corrected chi connectivity index (χ3v) is 3.31. The van der Waals surface area contributed by atoms with Crippen LogP contribution in [0.4, 0.5) is 20.2 Å². The van der Waals surface area contributed by atoms with Gasteiger partial charge in [-0.05, 0) is 42.8 Å². The summed E-state index contributed by atoms with van der Waals surface area (Å²) in [6.45, 7) is 1.77. The molecule has 2 rings (SSSR count). The van der Waals surface area contributed by atoms with Crippen LogP contribution in [0.2, 0.25) is 0 Å². The largest absolute Gasteiger partial charge is 0.318 e. The summed E-state index contributed by atoms with van der Waals surface area (Å²) in [6.07, 6.45) is 0. The molecule has 114 valence electrons. The first kappa shape index (κ1) is 16.1. The van der Waals surface area contributed by atoms with Crippen LogP contribution < -0.4 is 10.6 Å². The fraction of sp³-hybridized carbons (Fsp3) is 0.0667. The number of hydrogen-bond donors (Lipinski definition) is 2. The zero-order valence-electron chi connectivity index (χ0n) is 11.4. The van der Waals surface area contributed by atoms with Crippen molar-refractivity contribution in [3.63, 3.8) is 0 Å². The average molecular weight is 369 g/mol. The highest BCUT2D eigenvalue weighted by atomic mass is 79.9. The smallest absolute Gasteiger partial charge is 0.314 e. The highest BCUT2D eigenvalue weighted by Gasteiger charge is 2.15. The van der Waals surface area contributed by atoms with Crippen LogP contribution in [0.15, 0.2) is 40.9 Å². The number of halogens is 3. The molecular formula is C15H11BrF2N2O2. The van der Waals surface area contributed by atoms with Crippen LogP contribution in [0.25, 0.3) is 0 Å². The molecule has 0 fully saturated rings. The number of anilines is 2. The van der Waals surface area contributed by atoms with Gasteiger partial charge in [0.2, 0.25) is 0 Å².